The Kier molecular flexibility index (Phi) is 5.14. The van der Waals surface area contributed by atoms with Crippen molar-refractivity contribution >= 4 is 23.2 Å². The van der Waals surface area contributed by atoms with Crippen molar-refractivity contribution < 1.29 is 19.1 Å². The number of nitrogens with zero attached hydrogens (tertiary/aromatic N) is 1. The lowest BCUT2D eigenvalue weighted by Crippen LogP contribution is -2.41. The molecule has 2 aromatic carbocycles. The van der Waals surface area contributed by atoms with Gasteiger partial charge in [-0.05, 0) is 42.3 Å². The largest absolute Gasteiger partial charge is 0.396 e. The van der Waals surface area contributed by atoms with E-state index in [1.54, 1.807) is 30.3 Å². The van der Waals surface area contributed by atoms with E-state index in [4.69, 9.17) is 0 Å². The van der Waals surface area contributed by atoms with E-state index in [-0.39, 0.29) is 36.6 Å². The minimum absolute atomic E-state index is 0.0881. The van der Waals surface area contributed by atoms with E-state index < -0.39 is 5.82 Å². The monoisotopic (exact) mass is 354 g/mol. The van der Waals surface area contributed by atoms with Gasteiger partial charge >= 0.3 is 0 Å². The number of anilines is 2. The number of aliphatic hydroxyl groups excluding tert-OH is 1. The van der Waals surface area contributed by atoms with Gasteiger partial charge in [0.2, 0.25) is 5.91 Å². The molecule has 2 amide bonds. The second kappa shape index (κ2) is 7.49. The summed E-state index contributed by atoms with van der Waals surface area (Å²) >= 11 is 0. The van der Waals surface area contributed by atoms with Crippen LogP contribution in [0.4, 0.5) is 15.8 Å². The van der Waals surface area contributed by atoms with Gasteiger partial charge < -0.3 is 15.3 Å². The average Bonchev–Trinajstić information content (AvgIpc) is 2.66. The van der Waals surface area contributed by atoms with Crippen molar-refractivity contribution in [2.75, 3.05) is 23.4 Å². The van der Waals surface area contributed by atoms with Crippen LogP contribution in [0.3, 0.4) is 0 Å². The minimum Gasteiger partial charge on any atom is -0.396 e. The molecule has 0 aromatic heterocycles. The van der Waals surface area contributed by atoms with Crippen LogP contribution in [0.2, 0.25) is 0 Å². The second-order valence-corrected chi connectivity index (χ2v) is 6.19. The average molecular weight is 354 g/mol. The van der Waals surface area contributed by atoms with Crippen LogP contribution in [0, 0.1) is 11.7 Å². The van der Waals surface area contributed by atoms with Crippen molar-refractivity contribution in [3.05, 3.63) is 72.1 Å². The fourth-order valence-corrected chi connectivity index (χ4v) is 3.14. The summed E-state index contributed by atoms with van der Waals surface area (Å²) in [7, 11) is 0. The molecule has 0 aliphatic carbocycles. The quantitative estimate of drug-likeness (QED) is 0.830. The van der Waals surface area contributed by atoms with E-state index >= 15 is 0 Å². The fourth-order valence-electron chi connectivity index (χ4n) is 3.14. The molecule has 0 bridgehead atoms. The normalized spacial score (nSPS) is 15.9. The van der Waals surface area contributed by atoms with E-state index in [0.29, 0.717) is 23.2 Å². The molecule has 1 heterocycles. The number of nitrogens with one attached hydrogen (secondary N) is 1. The third-order valence-electron chi connectivity index (χ3n) is 4.36. The maximum atomic E-state index is 14.4. The number of carbonyl (C=O) groups excluding carboxylic acids is 2. The Labute approximate surface area is 150 Å². The Morgan fingerprint density at radius 2 is 2.08 bits per heavy atom. The zero-order valence-corrected chi connectivity index (χ0v) is 14.1. The smallest absolute Gasteiger partial charge is 0.258 e. The van der Waals surface area contributed by atoms with Crippen LogP contribution in [0.5, 0.6) is 0 Å². The predicted molar refractivity (Wildman–Crippen MR) is 97.6 cm³/mol. The second-order valence-electron chi connectivity index (χ2n) is 6.19. The molecule has 6 heteroatoms. The number of carbonyl (C=O) groups is 2. The topological polar surface area (TPSA) is 69.6 Å². The highest BCUT2D eigenvalue weighted by Crippen LogP contribution is 2.33. The van der Waals surface area contributed by atoms with Crippen LogP contribution in [-0.4, -0.2) is 30.1 Å². The Morgan fingerprint density at radius 3 is 2.81 bits per heavy atom. The molecule has 1 unspecified atom stereocenters. The zero-order valence-electron chi connectivity index (χ0n) is 14.1. The summed E-state index contributed by atoms with van der Waals surface area (Å²) < 4.78 is 14.4. The van der Waals surface area contributed by atoms with Gasteiger partial charge in [-0.25, -0.2) is 4.39 Å². The molecule has 0 fully saturated rings. The first-order valence-corrected chi connectivity index (χ1v) is 8.27. The van der Waals surface area contributed by atoms with Crippen molar-refractivity contribution in [2.45, 2.75) is 6.42 Å². The molecule has 1 atom stereocenters. The molecule has 5 nitrogen and oxygen atoms in total. The van der Waals surface area contributed by atoms with Gasteiger partial charge in [0.1, 0.15) is 5.82 Å². The summed E-state index contributed by atoms with van der Waals surface area (Å²) in [6, 6.07) is 11.1. The number of rotatable bonds is 4. The highest BCUT2D eigenvalue weighted by Gasteiger charge is 2.31. The maximum Gasteiger partial charge on any atom is 0.258 e. The fraction of sp³-hybridized carbons (Fsp3) is 0.200. The molecule has 134 valence electrons. The number of amides is 2. The molecule has 3 rings (SSSR count). The molecule has 1 aliphatic rings. The van der Waals surface area contributed by atoms with Gasteiger partial charge in [0, 0.05) is 30.3 Å². The number of hydrogen-bond donors (Lipinski definition) is 2. The molecular weight excluding hydrogens is 335 g/mol. The molecule has 0 saturated heterocycles. The SMILES string of the molecule is C=CC(=O)Nc1cccc(C(=O)N2CC(CO)Cc3cccc(F)c32)c1. The van der Waals surface area contributed by atoms with E-state index in [9.17, 15) is 19.1 Å². The number of hydrogen-bond acceptors (Lipinski definition) is 3. The first-order chi connectivity index (χ1) is 12.5. The predicted octanol–water partition coefficient (Wildman–Crippen LogP) is 2.76. The molecule has 26 heavy (non-hydrogen) atoms. The van der Waals surface area contributed by atoms with Crippen LogP contribution in [-0.2, 0) is 11.2 Å². The molecule has 0 radical (unpaired) electrons. The molecule has 1 aliphatic heterocycles. The van der Waals surface area contributed by atoms with Gasteiger partial charge in [-0.3, -0.25) is 9.59 Å². The first kappa shape index (κ1) is 17.8. The molecule has 0 spiro atoms. The van der Waals surface area contributed by atoms with Gasteiger partial charge in [-0.2, -0.15) is 0 Å². The van der Waals surface area contributed by atoms with Gasteiger partial charge in [-0.1, -0.05) is 24.8 Å². The summed E-state index contributed by atoms with van der Waals surface area (Å²) in [5.41, 5.74) is 1.72. The van der Waals surface area contributed by atoms with Crippen molar-refractivity contribution in [1.29, 1.82) is 0 Å². The highest BCUT2D eigenvalue weighted by molar-refractivity contribution is 6.08. The van der Waals surface area contributed by atoms with E-state index in [0.717, 1.165) is 6.08 Å². The lowest BCUT2D eigenvalue weighted by atomic mass is 9.92. The van der Waals surface area contributed by atoms with Gasteiger partial charge in [0.25, 0.3) is 5.91 Å². The third kappa shape index (κ3) is 3.50. The van der Waals surface area contributed by atoms with Crippen LogP contribution < -0.4 is 10.2 Å². The van der Waals surface area contributed by atoms with Crippen LogP contribution in [0.1, 0.15) is 15.9 Å². The summed E-state index contributed by atoms with van der Waals surface area (Å²) in [6.45, 7) is 3.53. The lowest BCUT2D eigenvalue weighted by Gasteiger charge is -2.34. The Bertz CT molecular complexity index is 866. The maximum absolute atomic E-state index is 14.4. The van der Waals surface area contributed by atoms with Crippen LogP contribution in [0.15, 0.2) is 55.1 Å². The van der Waals surface area contributed by atoms with E-state index in [1.165, 1.54) is 17.0 Å². The minimum atomic E-state index is -0.469. The van der Waals surface area contributed by atoms with Crippen LogP contribution >= 0.6 is 0 Å². The van der Waals surface area contributed by atoms with Crippen molar-refractivity contribution in [3.8, 4) is 0 Å². The Balaban J connectivity index is 1.96. The molecule has 2 N–H and O–H groups in total. The lowest BCUT2D eigenvalue weighted by molar-refractivity contribution is -0.111. The van der Waals surface area contributed by atoms with Crippen LogP contribution in [0.25, 0.3) is 0 Å². The standard InChI is InChI=1S/C20H19FN2O3/c1-2-18(25)22-16-7-3-6-15(10-16)20(26)23-11-13(12-24)9-14-5-4-8-17(21)19(14)23/h2-8,10,13,24H,1,9,11-12H2,(H,22,25). The number of aliphatic hydroxyl groups is 1. The summed E-state index contributed by atoms with van der Waals surface area (Å²) in [5.74, 6) is -1.39. The number of benzene rings is 2. The number of halogens is 1. The molecule has 0 saturated carbocycles. The van der Waals surface area contributed by atoms with Gasteiger partial charge in [0.05, 0.1) is 5.69 Å². The summed E-state index contributed by atoms with van der Waals surface area (Å²) in [5, 5.41) is 12.1. The summed E-state index contributed by atoms with van der Waals surface area (Å²) in [4.78, 5) is 25.8. The number of fused-ring (bicyclic) bond motifs is 1. The highest BCUT2D eigenvalue weighted by atomic mass is 19.1. The first-order valence-electron chi connectivity index (χ1n) is 8.27. The summed E-state index contributed by atoms with van der Waals surface area (Å²) in [6.07, 6.45) is 1.65. The Hall–Kier alpha value is -2.99. The van der Waals surface area contributed by atoms with Crippen molar-refractivity contribution in [1.82, 2.24) is 0 Å². The zero-order chi connectivity index (χ0) is 18.7. The Morgan fingerprint density at radius 1 is 1.31 bits per heavy atom. The van der Waals surface area contributed by atoms with Crippen molar-refractivity contribution in [3.63, 3.8) is 0 Å². The van der Waals surface area contributed by atoms with Gasteiger partial charge in [0.15, 0.2) is 0 Å². The van der Waals surface area contributed by atoms with Crippen molar-refractivity contribution in [2.24, 2.45) is 5.92 Å². The third-order valence-corrected chi connectivity index (χ3v) is 4.36. The molecular formula is C20H19FN2O3. The van der Waals surface area contributed by atoms with E-state index in [1.807, 2.05) is 0 Å². The number of para-hydroxylation sites is 1. The molecule has 2 aromatic rings. The van der Waals surface area contributed by atoms with E-state index in [2.05, 4.69) is 11.9 Å². The van der Waals surface area contributed by atoms with Gasteiger partial charge in [-0.15, -0.1) is 0 Å².